The van der Waals surface area contributed by atoms with Crippen molar-refractivity contribution in [2.24, 2.45) is 5.92 Å². The van der Waals surface area contributed by atoms with E-state index in [4.69, 9.17) is 0 Å². The molecule has 20 heavy (non-hydrogen) atoms. The largest absolute Gasteiger partial charge is 0.338 e. The Morgan fingerprint density at radius 2 is 1.60 bits per heavy atom. The molecule has 6 nitrogen and oxygen atoms in total. The van der Waals surface area contributed by atoms with E-state index in [9.17, 15) is 9.59 Å². The predicted octanol–water partition coefficient (Wildman–Crippen LogP) is -0.782. The molecular formula is C14H26N4O2. The standard InChI is InChI=1S/C14H26N4O2/c1-16(2)11-14(20)18-7-5-17(6-8-18)13(19)10-15-9-12-3-4-12/h12,15H,3-11H2,1-2H3. The molecule has 1 saturated carbocycles. The van der Waals surface area contributed by atoms with Crippen molar-refractivity contribution in [2.75, 3.05) is 59.9 Å². The molecule has 0 spiro atoms. The second kappa shape index (κ2) is 7.04. The van der Waals surface area contributed by atoms with Gasteiger partial charge in [-0.3, -0.25) is 9.59 Å². The van der Waals surface area contributed by atoms with Gasteiger partial charge in [-0.05, 0) is 39.4 Å². The molecule has 6 heteroatoms. The summed E-state index contributed by atoms with van der Waals surface area (Å²) in [6.45, 7) is 4.46. The average Bonchev–Trinajstić information content (AvgIpc) is 3.22. The molecule has 0 bridgehead atoms. The molecule has 2 fully saturated rings. The molecule has 0 aromatic rings. The average molecular weight is 282 g/mol. The maximum atomic E-state index is 12.0. The third kappa shape index (κ3) is 4.76. The Labute approximate surface area is 121 Å². The van der Waals surface area contributed by atoms with Gasteiger partial charge in [-0.15, -0.1) is 0 Å². The molecule has 0 atom stereocenters. The fraction of sp³-hybridized carbons (Fsp3) is 0.857. The first-order valence-electron chi connectivity index (χ1n) is 7.47. The van der Waals surface area contributed by atoms with E-state index in [1.54, 1.807) is 0 Å². The Balaban J connectivity index is 1.64. The fourth-order valence-electron chi connectivity index (χ4n) is 2.39. The molecule has 1 N–H and O–H groups in total. The zero-order valence-electron chi connectivity index (χ0n) is 12.6. The Kier molecular flexibility index (Phi) is 5.37. The third-order valence-corrected chi connectivity index (χ3v) is 3.84. The van der Waals surface area contributed by atoms with E-state index in [1.165, 1.54) is 12.8 Å². The number of carbonyl (C=O) groups excluding carboxylic acids is 2. The molecule has 0 unspecified atom stereocenters. The molecule has 1 aliphatic heterocycles. The van der Waals surface area contributed by atoms with Crippen molar-refractivity contribution in [1.82, 2.24) is 20.0 Å². The van der Waals surface area contributed by atoms with Gasteiger partial charge < -0.3 is 20.0 Å². The van der Waals surface area contributed by atoms with Gasteiger partial charge in [-0.2, -0.15) is 0 Å². The normalized spacial score (nSPS) is 19.6. The van der Waals surface area contributed by atoms with E-state index in [0.29, 0.717) is 39.3 Å². The van der Waals surface area contributed by atoms with Crippen LogP contribution in [0.2, 0.25) is 0 Å². The van der Waals surface area contributed by atoms with Gasteiger partial charge in [0.1, 0.15) is 0 Å². The van der Waals surface area contributed by atoms with Gasteiger partial charge in [0.15, 0.2) is 0 Å². The topological polar surface area (TPSA) is 55.9 Å². The number of amides is 2. The van der Waals surface area contributed by atoms with Crippen LogP contribution in [0.1, 0.15) is 12.8 Å². The van der Waals surface area contributed by atoms with Crippen LogP contribution in [0.5, 0.6) is 0 Å². The lowest BCUT2D eigenvalue weighted by molar-refractivity contribution is -0.139. The second-order valence-corrected chi connectivity index (χ2v) is 6.07. The minimum absolute atomic E-state index is 0.147. The van der Waals surface area contributed by atoms with Crippen LogP contribution in [0.15, 0.2) is 0 Å². The van der Waals surface area contributed by atoms with Crippen LogP contribution in [-0.2, 0) is 9.59 Å². The van der Waals surface area contributed by atoms with Crippen molar-refractivity contribution in [1.29, 1.82) is 0 Å². The highest BCUT2D eigenvalue weighted by Crippen LogP contribution is 2.27. The van der Waals surface area contributed by atoms with E-state index in [1.807, 2.05) is 28.8 Å². The van der Waals surface area contributed by atoms with Crippen LogP contribution in [0.3, 0.4) is 0 Å². The Morgan fingerprint density at radius 1 is 1.05 bits per heavy atom. The summed E-state index contributed by atoms with van der Waals surface area (Å²) in [7, 11) is 3.78. The van der Waals surface area contributed by atoms with E-state index in [0.717, 1.165) is 12.5 Å². The molecular weight excluding hydrogens is 256 g/mol. The molecule has 2 amide bonds. The summed E-state index contributed by atoms with van der Waals surface area (Å²) in [6.07, 6.45) is 2.60. The Hall–Kier alpha value is -1.14. The maximum Gasteiger partial charge on any atom is 0.236 e. The first kappa shape index (κ1) is 15.3. The van der Waals surface area contributed by atoms with Crippen LogP contribution in [-0.4, -0.2) is 86.4 Å². The van der Waals surface area contributed by atoms with E-state index in [-0.39, 0.29) is 11.8 Å². The minimum Gasteiger partial charge on any atom is -0.338 e. The number of likely N-dealkylation sites (N-methyl/N-ethyl adjacent to an activating group) is 1. The van der Waals surface area contributed by atoms with Crippen molar-refractivity contribution in [3.63, 3.8) is 0 Å². The van der Waals surface area contributed by atoms with Gasteiger partial charge in [0.05, 0.1) is 13.1 Å². The third-order valence-electron chi connectivity index (χ3n) is 3.84. The van der Waals surface area contributed by atoms with E-state index < -0.39 is 0 Å². The minimum atomic E-state index is 0.147. The van der Waals surface area contributed by atoms with E-state index >= 15 is 0 Å². The summed E-state index contributed by atoms with van der Waals surface area (Å²) in [5.41, 5.74) is 0. The van der Waals surface area contributed by atoms with Crippen molar-refractivity contribution in [2.45, 2.75) is 12.8 Å². The lowest BCUT2D eigenvalue weighted by atomic mass is 10.3. The molecule has 1 saturated heterocycles. The quantitative estimate of drug-likeness (QED) is 0.694. The van der Waals surface area contributed by atoms with Crippen molar-refractivity contribution >= 4 is 11.8 Å². The zero-order valence-corrected chi connectivity index (χ0v) is 12.6. The first-order valence-corrected chi connectivity index (χ1v) is 7.47. The monoisotopic (exact) mass is 282 g/mol. The van der Waals surface area contributed by atoms with Crippen molar-refractivity contribution < 1.29 is 9.59 Å². The Bertz CT molecular complexity index is 347. The molecule has 0 aromatic carbocycles. The van der Waals surface area contributed by atoms with E-state index in [2.05, 4.69) is 5.32 Å². The number of carbonyl (C=O) groups is 2. The number of piperazine rings is 1. The molecule has 1 aliphatic carbocycles. The van der Waals surface area contributed by atoms with Crippen LogP contribution >= 0.6 is 0 Å². The van der Waals surface area contributed by atoms with Crippen LogP contribution in [0, 0.1) is 5.92 Å². The second-order valence-electron chi connectivity index (χ2n) is 6.07. The van der Waals surface area contributed by atoms with Crippen LogP contribution in [0.4, 0.5) is 0 Å². The lowest BCUT2D eigenvalue weighted by Crippen LogP contribution is -2.53. The fourth-order valence-corrected chi connectivity index (χ4v) is 2.39. The number of hydrogen-bond acceptors (Lipinski definition) is 4. The summed E-state index contributed by atoms with van der Waals surface area (Å²) in [5, 5.41) is 3.23. The highest BCUT2D eigenvalue weighted by atomic mass is 16.2. The first-order chi connectivity index (χ1) is 9.56. The maximum absolute atomic E-state index is 12.0. The number of nitrogens with one attached hydrogen (secondary N) is 1. The van der Waals surface area contributed by atoms with Crippen LogP contribution < -0.4 is 5.32 Å². The molecule has 2 rings (SSSR count). The summed E-state index contributed by atoms with van der Waals surface area (Å²) in [6, 6.07) is 0. The molecule has 0 radical (unpaired) electrons. The molecule has 1 heterocycles. The van der Waals surface area contributed by atoms with Gasteiger partial charge >= 0.3 is 0 Å². The van der Waals surface area contributed by atoms with Gasteiger partial charge in [-0.1, -0.05) is 0 Å². The summed E-state index contributed by atoms with van der Waals surface area (Å²) >= 11 is 0. The Morgan fingerprint density at radius 3 is 2.10 bits per heavy atom. The summed E-state index contributed by atoms with van der Waals surface area (Å²) < 4.78 is 0. The summed E-state index contributed by atoms with van der Waals surface area (Å²) in [4.78, 5) is 29.5. The number of rotatable bonds is 6. The molecule has 0 aromatic heterocycles. The zero-order chi connectivity index (χ0) is 14.5. The van der Waals surface area contributed by atoms with Crippen LogP contribution in [0.25, 0.3) is 0 Å². The predicted molar refractivity (Wildman–Crippen MR) is 77.3 cm³/mol. The van der Waals surface area contributed by atoms with Gasteiger partial charge in [-0.25, -0.2) is 0 Å². The van der Waals surface area contributed by atoms with Gasteiger partial charge in [0.2, 0.25) is 11.8 Å². The number of hydrogen-bond donors (Lipinski definition) is 1. The highest BCUT2D eigenvalue weighted by molar-refractivity contribution is 5.80. The number of nitrogens with zero attached hydrogens (tertiary/aromatic N) is 3. The van der Waals surface area contributed by atoms with Crippen molar-refractivity contribution in [3.8, 4) is 0 Å². The molecule has 114 valence electrons. The lowest BCUT2D eigenvalue weighted by Gasteiger charge is -2.35. The SMILES string of the molecule is CN(C)CC(=O)N1CCN(C(=O)CNCC2CC2)CC1. The van der Waals surface area contributed by atoms with Gasteiger partial charge in [0, 0.05) is 26.2 Å². The smallest absolute Gasteiger partial charge is 0.236 e. The van der Waals surface area contributed by atoms with Gasteiger partial charge in [0.25, 0.3) is 0 Å². The highest BCUT2D eigenvalue weighted by Gasteiger charge is 2.25. The summed E-state index contributed by atoms with van der Waals surface area (Å²) in [5.74, 6) is 1.10. The van der Waals surface area contributed by atoms with Crippen molar-refractivity contribution in [3.05, 3.63) is 0 Å². The molecule has 2 aliphatic rings.